The molecule has 4 N–H and O–H groups in total. The lowest BCUT2D eigenvalue weighted by molar-refractivity contribution is -0.174. The predicted molar refractivity (Wildman–Crippen MR) is 446 cm³/mol. The molecule has 7 aliphatic rings. The molecule has 12 nitrogen and oxygen atoms in total. The molecule has 15 rings (SSSR count). The average Bonchev–Trinajstić information content (AvgIpc) is 1.04. The molecule has 584 valence electrons. The molecule has 0 saturated heterocycles. The molecule has 5 saturated carbocycles. The van der Waals surface area contributed by atoms with Gasteiger partial charge in [-0.05, 0) is 224 Å². The Hall–Kier alpha value is -8.99. The molecule has 110 heavy (non-hydrogen) atoms. The Morgan fingerprint density at radius 2 is 1.25 bits per heavy atom. The highest BCUT2D eigenvalue weighted by atomic mass is 16.6. The van der Waals surface area contributed by atoms with Crippen LogP contribution < -0.4 is 10.5 Å². The van der Waals surface area contributed by atoms with Crippen LogP contribution in [0.15, 0.2) is 212 Å². The highest BCUT2D eigenvalue weighted by Gasteiger charge is 2.50. The Morgan fingerprint density at radius 3 is 1.86 bits per heavy atom. The number of phenols is 1. The van der Waals surface area contributed by atoms with Gasteiger partial charge in [-0.1, -0.05) is 265 Å². The number of nitrogens with two attached hydrogens (primary N) is 1. The number of phenolic OH excluding ortho intramolecular Hbond substituents is 1. The van der Waals surface area contributed by atoms with E-state index >= 15 is 0 Å². The number of aryl methyl sites for hydroxylation is 2. The lowest BCUT2D eigenvalue weighted by Crippen LogP contribution is -2.47. The average molecular weight is 1490 g/mol. The molecule has 2 bridgehead atoms. The third kappa shape index (κ3) is 20.8. The largest absolute Gasteiger partial charge is 0.508 e. The SMILES string of the molecule is C.CCN(CC)CC#CCOC(=O)C(O)(c1ccccc1)C1CCCCC1.Cc1ccc(O)c([C@H](CCN(C(C)C)C(C)C)c2ccccc2)c1.NC(=O)C(c1ccccc1)(c1ccccc1)C1CCC(CCc2ccc3c(c2)CCO3)C1.O=C(OC1CC2CCC1CC2)N1CCc2ccccc2[C@@H]1c1ccccc1. The number of aromatic hydroxyl groups is 1. The van der Waals surface area contributed by atoms with Crippen molar-refractivity contribution >= 4 is 18.0 Å². The minimum atomic E-state index is -1.58. The Labute approximate surface area is 658 Å². The van der Waals surface area contributed by atoms with E-state index in [0.717, 1.165) is 157 Å². The highest BCUT2D eigenvalue weighted by molar-refractivity contribution is 5.91. The Bertz CT molecular complexity index is 4150. The zero-order valence-corrected chi connectivity index (χ0v) is 65.9. The lowest BCUT2D eigenvalue weighted by atomic mass is 9.64. The van der Waals surface area contributed by atoms with Gasteiger partial charge in [-0.25, -0.2) is 9.59 Å². The van der Waals surface area contributed by atoms with Gasteiger partial charge < -0.3 is 30.2 Å². The Kier molecular flexibility index (Phi) is 31.0. The zero-order valence-electron chi connectivity index (χ0n) is 65.9. The normalized spacial score (nSPS) is 19.9. The van der Waals surface area contributed by atoms with Crippen molar-refractivity contribution in [2.75, 3.05) is 45.9 Å². The fourth-order valence-electron chi connectivity index (χ4n) is 18.6. The van der Waals surface area contributed by atoms with Gasteiger partial charge in [0.1, 0.15) is 23.0 Å². The number of rotatable bonds is 23. The van der Waals surface area contributed by atoms with Crippen molar-refractivity contribution in [2.24, 2.45) is 35.3 Å². The summed E-state index contributed by atoms with van der Waals surface area (Å²) in [6.45, 7) is 20.4. The highest BCUT2D eigenvalue weighted by Crippen LogP contribution is 2.50. The third-order valence-electron chi connectivity index (χ3n) is 24.5. The molecular formula is C98H124N4O8. The third-order valence-corrected chi connectivity index (χ3v) is 24.5. The molecule has 6 atom stereocenters. The van der Waals surface area contributed by atoms with Crippen LogP contribution in [-0.4, -0.2) is 107 Å². The summed E-state index contributed by atoms with van der Waals surface area (Å²) in [7, 11) is 0. The van der Waals surface area contributed by atoms with Gasteiger partial charge in [0.2, 0.25) is 5.91 Å². The maximum atomic E-state index is 13.2. The summed E-state index contributed by atoms with van der Waals surface area (Å²) < 4.78 is 17.1. The summed E-state index contributed by atoms with van der Waals surface area (Å²) >= 11 is 0. The summed E-state index contributed by atoms with van der Waals surface area (Å²) in [4.78, 5) is 45.9. The summed E-state index contributed by atoms with van der Waals surface area (Å²) in [5.41, 5.74) is 16.5. The van der Waals surface area contributed by atoms with Crippen LogP contribution in [0.5, 0.6) is 11.5 Å². The maximum Gasteiger partial charge on any atom is 0.410 e. The lowest BCUT2D eigenvalue weighted by Gasteiger charge is -2.43. The van der Waals surface area contributed by atoms with Crippen LogP contribution in [0.25, 0.3) is 0 Å². The molecule has 8 aromatic rings. The van der Waals surface area contributed by atoms with E-state index in [0.29, 0.717) is 41.8 Å². The number of carbonyl (C=O) groups excluding carboxylic acids is 3. The van der Waals surface area contributed by atoms with E-state index in [1.807, 2.05) is 95.9 Å². The molecule has 2 heterocycles. The van der Waals surface area contributed by atoms with Crippen LogP contribution in [0.2, 0.25) is 0 Å². The van der Waals surface area contributed by atoms with Crippen molar-refractivity contribution in [1.29, 1.82) is 0 Å². The predicted octanol–water partition coefficient (Wildman–Crippen LogP) is 20.1. The minimum absolute atomic E-state index is 0. The maximum absolute atomic E-state index is 13.2. The van der Waals surface area contributed by atoms with Crippen molar-refractivity contribution in [1.82, 2.24) is 14.7 Å². The van der Waals surface area contributed by atoms with Gasteiger partial charge in [0.05, 0.1) is 19.2 Å². The molecule has 2 aliphatic heterocycles. The first-order chi connectivity index (χ1) is 53.0. The minimum Gasteiger partial charge on any atom is -0.508 e. The van der Waals surface area contributed by atoms with Crippen LogP contribution in [0.4, 0.5) is 4.79 Å². The molecule has 0 radical (unpaired) electrons. The van der Waals surface area contributed by atoms with Crippen LogP contribution >= 0.6 is 0 Å². The van der Waals surface area contributed by atoms with E-state index < -0.39 is 17.0 Å². The quantitative estimate of drug-likeness (QED) is 0.0416. The fourth-order valence-corrected chi connectivity index (χ4v) is 18.6. The number of benzene rings is 8. The smallest absolute Gasteiger partial charge is 0.410 e. The molecule has 0 spiro atoms. The number of carbonyl (C=O) groups is 3. The van der Waals surface area contributed by atoms with Gasteiger partial charge in [-0.15, -0.1) is 0 Å². The van der Waals surface area contributed by atoms with E-state index in [-0.39, 0.29) is 55.9 Å². The first kappa shape index (κ1) is 83.5. The van der Waals surface area contributed by atoms with Gasteiger partial charge in [-0.3, -0.25) is 19.5 Å². The fraction of sp³-hybridized carbons (Fsp3) is 0.459. The number of hydrogen-bond donors (Lipinski definition) is 3. The Morgan fingerprint density at radius 1 is 0.645 bits per heavy atom. The van der Waals surface area contributed by atoms with Crippen molar-refractivity contribution < 1.29 is 38.8 Å². The van der Waals surface area contributed by atoms with Gasteiger partial charge in [0, 0.05) is 42.4 Å². The molecule has 8 aromatic carbocycles. The number of aliphatic hydroxyl groups is 1. The number of amides is 2. The van der Waals surface area contributed by atoms with E-state index in [4.69, 9.17) is 19.9 Å². The monoisotopic (exact) mass is 1480 g/mol. The number of nitrogens with zero attached hydrogens (tertiary/aromatic N) is 3. The molecule has 5 aliphatic carbocycles. The van der Waals surface area contributed by atoms with Gasteiger partial charge in [-0.2, -0.15) is 0 Å². The van der Waals surface area contributed by atoms with Crippen LogP contribution in [0, 0.1) is 48.4 Å². The Balaban J connectivity index is 0.000000157. The van der Waals surface area contributed by atoms with Crippen molar-refractivity contribution in [3.05, 3.63) is 274 Å². The first-order valence-corrected chi connectivity index (χ1v) is 41.0. The second-order valence-corrected chi connectivity index (χ2v) is 31.9. The summed E-state index contributed by atoms with van der Waals surface area (Å²) in [5, 5.41) is 21.8. The molecule has 5 fully saturated rings. The second kappa shape index (κ2) is 40.8. The molecular weight excluding hydrogens is 1360 g/mol. The molecule has 4 unspecified atom stereocenters. The number of hydrogen-bond acceptors (Lipinski definition) is 10. The van der Waals surface area contributed by atoms with Crippen molar-refractivity contribution in [3.63, 3.8) is 0 Å². The number of ether oxygens (including phenoxy) is 3. The van der Waals surface area contributed by atoms with Gasteiger partial charge in [0.15, 0.2) is 12.2 Å². The summed E-state index contributed by atoms with van der Waals surface area (Å²) in [6.07, 6.45) is 19.4. The second-order valence-electron chi connectivity index (χ2n) is 31.9. The number of fused-ring (bicyclic) bond motifs is 5. The van der Waals surface area contributed by atoms with E-state index in [1.165, 1.54) is 59.1 Å². The van der Waals surface area contributed by atoms with Gasteiger partial charge in [0.25, 0.3) is 0 Å². The van der Waals surface area contributed by atoms with Crippen LogP contribution in [0.3, 0.4) is 0 Å². The summed E-state index contributed by atoms with van der Waals surface area (Å²) in [6, 6.07) is 72.5. The summed E-state index contributed by atoms with van der Waals surface area (Å²) in [5.74, 6) is 8.83. The topological polar surface area (TPSA) is 155 Å². The molecule has 2 amide bonds. The van der Waals surface area contributed by atoms with Crippen molar-refractivity contribution in [3.8, 4) is 23.3 Å². The standard InChI is InChI=1S/C29H31NO2.C24H27NO2.C22H31NO3.C22H31NO.CH4/c30-28(31)29(24-7-3-1-4-8-24,25-9-5-2-6-10-25)26-15-13-22(20-26)12-11-21-14-16-27-23(19-21)17-18-32-27;26-24(27-22-16-17-10-12-19(22)13-11-17)25-15-14-18-6-4-5-9-21(18)23(25)20-7-2-1-3-8-20;1-3-23(4-2)17-11-12-18-26-21(24)22(25,19-13-7-5-8-14-19)20-15-9-6-10-16-20;1-16(2)23(17(3)4)14-13-20(19-9-7-6-8-10-19)21-15-18(5)11-12-22(21)24;/h1-10,14,16,19,22,26H,11-13,15,17-18,20H2,(H2,30,31);1-9,17,19,22-23H,10-16H2;5,7-8,13-14,20,25H,3-4,6,9-10,15-18H2,1-2H3;6-12,15-17,20,24H,13-14H2,1-5H3;1H4/t;17?,19?,22?,23-;;20-;/m.0.1./s1. The van der Waals surface area contributed by atoms with E-state index in [2.05, 4.69) is 191 Å². The molecule has 0 aromatic heterocycles. The van der Waals surface area contributed by atoms with Crippen LogP contribution in [-0.2, 0) is 49.3 Å². The zero-order chi connectivity index (χ0) is 76.7. The first-order valence-electron chi connectivity index (χ1n) is 41.0. The number of esters is 1. The molecule has 12 heteroatoms. The number of primary amides is 1. The van der Waals surface area contributed by atoms with E-state index in [9.17, 15) is 24.6 Å². The van der Waals surface area contributed by atoms with Crippen molar-refractivity contribution in [2.45, 2.75) is 213 Å². The van der Waals surface area contributed by atoms with Crippen LogP contribution in [0.1, 0.15) is 218 Å². The van der Waals surface area contributed by atoms with E-state index in [1.54, 1.807) is 0 Å². The van der Waals surface area contributed by atoms with Gasteiger partial charge >= 0.3 is 12.1 Å².